The second-order valence-corrected chi connectivity index (χ2v) is 7.22. The predicted molar refractivity (Wildman–Crippen MR) is 99.1 cm³/mol. The summed E-state index contributed by atoms with van der Waals surface area (Å²) < 4.78 is 5.67. The molecule has 1 saturated carbocycles. The maximum atomic E-state index is 12.5. The quantitative estimate of drug-likeness (QED) is 0.778. The Labute approximate surface area is 155 Å². The Morgan fingerprint density at radius 1 is 1.42 bits per heavy atom. The first-order valence-electron chi connectivity index (χ1n) is 8.45. The van der Waals surface area contributed by atoms with Crippen molar-refractivity contribution in [2.24, 2.45) is 11.3 Å². The van der Waals surface area contributed by atoms with Crippen molar-refractivity contribution in [3.05, 3.63) is 29.3 Å². The summed E-state index contributed by atoms with van der Waals surface area (Å²) in [7, 11) is 1.91. The predicted octanol–water partition coefficient (Wildman–Crippen LogP) is 3.38. The number of carbonyl (C=O) groups excluding carboxylic acids is 1. The van der Waals surface area contributed by atoms with E-state index >= 15 is 0 Å². The molecule has 3 rings (SSSR count). The van der Waals surface area contributed by atoms with Crippen molar-refractivity contribution >= 4 is 29.9 Å². The zero-order chi connectivity index (χ0) is 16.3. The van der Waals surface area contributed by atoms with E-state index in [0.29, 0.717) is 23.0 Å². The van der Waals surface area contributed by atoms with Crippen molar-refractivity contribution in [1.29, 1.82) is 0 Å². The number of piperidine rings is 1. The van der Waals surface area contributed by atoms with Gasteiger partial charge in [-0.2, -0.15) is 0 Å². The monoisotopic (exact) mass is 372 g/mol. The smallest absolute Gasteiger partial charge is 0.226 e. The summed E-state index contributed by atoms with van der Waals surface area (Å²) >= 11 is 5.92. The van der Waals surface area contributed by atoms with Crippen LogP contribution < -0.4 is 10.1 Å². The van der Waals surface area contributed by atoms with Crippen molar-refractivity contribution in [1.82, 2.24) is 10.2 Å². The maximum absolute atomic E-state index is 12.5. The van der Waals surface area contributed by atoms with Gasteiger partial charge >= 0.3 is 0 Å². The molecule has 1 unspecified atom stereocenters. The molecule has 1 amide bonds. The zero-order valence-electron chi connectivity index (χ0n) is 14.1. The average molecular weight is 373 g/mol. The molecule has 1 aliphatic heterocycles. The number of amides is 1. The molecule has 24 heavy (non-hydrogen) atoms. The first-order valence-corrected chi connectivity index (χ1v) is 8.83. The number of hydrogen-bond acceptors (Lipinski definition) is 3. The van der Waals surface area contributed by atoms with Gasteiger partial charge in [0.1, 0.15) is 5.75 Å². The van der Waals surface area contributed by atoms with Crippen LogP contribution in [0.2, 0.25) is 5.02 Å². The lowest BCUT2D eigenvalue weighted by Crippen LogP contribution is -2.35. The van der Waals surface area contributed by atoms with Crippen LogP contribution in [0, 0.1) is 11.3 Å². The number of carbonyl (C=O) groups is 1. The van der Waals surface area contributed by atoms with Crippen LogP contribution in [0.4, 0.5) is 0 Å². The summed E-state index contributed by atoms with van der Waals surface area (Å²) in [4.78, 5) is 14.4. The van der Waals surface area contributed by atoms with Crippen LogP contribution >= 0.6 is 24.0 Å². The van der Waals surface area contributed by atoms with Crippen molar-refractivity contribution in [3.63, 3.8) is 0 Å². The van der Waals surface area contributed by atoms with Crippen molar-refractivity contribution < 1.29 is 9.53 Å². The maximum Gasteiger partial charge on any atom is 0.226 e. The van der Waals surface area contributed by atoms with Crippen LogP contribution in [0.1, 0.15) is 25.7 Å². The molecule has 1 aromatic rings. The van der Waals surface area contributed by atoms with Crippen LogP contribution in [0.3, 0.4) is 0 Å². The molecule has 134 valence electrons. The van der Waals surface area contributed by atoms with Gasteiger partial charge in [0, 0.05) is 24.5 Å². The topological polar surface area (TPSA) is 41.6 Å². The Hall–Kier alpha value is -0.970. The molecule has 1 spiro atoms. The van der Waals surface area contributed by atoms with Crippen molar-refractivity contribution in [2.45, 2.75) is 25.7 Å². The van der Waals surface area contributed by atoms with Gasteiger partial charge in [-0.3, -0.25) is 4.79 Å². The number of halogens is 2. The minimum Gasteiger partial charge on any atom is -0.493 e. The van der Waals surface area contributed by atoms with E-state index in [1.54, 1.807) is 0 Å². The largest absolute Gasteiger partial charge is 0.493 e. The number of ether oxygens (including phenoxy) is 1. The van der Waals surface area contributed by atoms with E-state index in [-0.39, 0.29) is 18.3 Å². The lowest BCUT2D eigenvalue weighted by molar-refractivity contribution is -0.132. The van der Waals surface area contributed by atoms with Gasteiger partial charge in [0.2, 0.25) is 5.91 Å². The van der Waals surface area contributed by atoms with E-state index in [4.69, 9.17) is 16.3 Å². The van der Waals surface area contributed by atoms with Crippen LogP contribution in [-0.4, -0.2) is 44.1 Å². The molecule has 0 bridgehead atoms. The summed E-state index contributed by atoms with van der Waals surface area (Å²) in [5.41, 5.74) is 0.313. The SMILES string of the molecule is CN(CCCOc1cccc(Cl)c1)C(=O)C1CC12CCNCC2.Cl. The van der Waals surface area contributed by atoms with Gasteiger partial charge in [0.15, 0.2) is 0 Å². The standard InChI is InChI=1S/C18H25ClN2O2.ClH/c1-21(10-3-11-23-15-5-2-4-14(19)12-15)17(22)16-13-18(16)6-8-20-9-7-18;/h2,4-5,12,16,20H,3,6-11,13H2,1H3;1H. The van der Waals surface area contributed by atoms with E-state index in [1.165, 1.54) is 0 Å². The molecule has 1 heterocycles. The third-order valence-corrected chi connectivity index (χ3v) is 5.40. The second kappa shape index (κ2) is 8.41. The fourth-order valence-corrected chi connectivity index (χ4v) is 3.78. The third-order valence-electron chi connectivity index (χ3n) is 5.17. The summed E-state index contributed by atoms with van der Waals surface area (Å²) in [5.74, 6) is 1.35. The molecule has 0 aromatic heterocycles. The third kappa shape index (κ3) is 4.56. The summed E-state index contributed by atoms with van der Waals surface area (Å²) in [6.07, 6.45) is 4.21. The highest BCUT2D eigenvalue weighted by Gasteiger charge is 2.58. The van der Waals surface area contributed by atoms with E-state index in [9.17, 15) is 4.79 Å². The number of benzene rings is 1. The lowest BCUT2D eigenvalue weighted by Gasteiger charge is -2.25. The van der Waals surface area contributed by atoms with Gasteiger partial charge < -0.3 is 15.0 Å². The Morgan fingerprint density at radius 2 is 2.17 bits per heavy atom. The molecule has 6 heteroatoms. The van der Waals surface area contributed by atoms with Crippen molar-refractivity contribution in [3.8, 4) is 5.75 Å². The highest BCUT2D eigenvalue weighted by Crippen LogP contribution is 2.59. The minimum absolute atomic E-state index is 0. The number of nitrogens with one attached hydrogen (secondary N) is 1. The number of hydrogen-bond donors (Lipinski definition) is 1. The summed E-state index contributed by atoms with van der Waals surface area (Å²) in [6.45, 7) is 3.45. The molecule has 4 nitrogen and oxygen atoms in total. The van der Waals surface area contributed by atoms with E-state index in [0.717, 1.165) is 51.1 Å². The molecule has 1 saturated heterocycles. The fourth-order valence-electron chi connectivity index (χ4n) is 3.60. The van der Waals surface area contributed by atoms with Crippen LogP contribution in [0.15, 0.2) is 24.3 Å². The van der Waals surface area contributed by atoms with Gasteiger partial charge in [0.25, 0.3) is 0 Å². The van der Waals surface area contributed by atoms with Crippen LogP contribution in [-0.2, 0) is 4.79 Å². The van der Waals surface area contributed by atoms with Gasteiger partial charge in [-0.25, -0.2) is 0 Å². The average Bonchev–Trinajstić information content (AvgIpc) is 3.24. The highest BCUT2D eigenvalue weighted by molar-refractivity contribution is 6.30. The van der Waals surface area contributed by atoms with Crippen LogP contribution in [0.25, 0.3) is 0 Å². The zero-order valence-corrected chi connectivity index (χ0v) is 15.7. The Morgan fingerprint density at radius 3 is 2.88 bits per heavy atom. The Kier molecular flexibility index (Phi) is 6.79. The summed E-state index contributed by atoms with van der Waals surface area (Å²) in [6, 6.07) is 7.40. The summed E-state index contributed by atoms with van der Waals surface area (Å²) in [5, 5.41) is 4.06. The van der Waals surface area contributed by atoms with Gasteiger partial charge in [-0.15, -0.1) is 12.4 Å². The number of nitrogens with zero attached hydrogens (tertiary/aromatic N) is 1. The molecule has 1 N–H and O–H groups in total. The first-order chi connectivity index (χ1) is 11.1. The number of rotatable bonds is 6. The molecule has 1 atom stereocenters. The fraction of sp³-hybridized carbons (Fsp3) is 0.611. The Balaban J connectivity index is 0.00000208. The van der Waals surface area contributed by atoms with Gasteiger partial charge in [-0.1, -0.05) is 17.7 Å². The molecular weight excluding hydrogens is 347 g/mol. The first kappa shape index (κ1) is 19.4. The molecule has 1 aliphatic carbocycles. The minimum atomic E-state index is 0. The second-order valence-electron chi connectivity index (χ2n) is 6.79. The molecule has 1 aromatic carbocycles. The van der Waals surface area contributed by atoms with Gasteiger partial charge in [0.05, 0.1) is 6.61 Å². The lowest BCUT2D eigenvalue weighted by atomic mass is 9.91. The van der Waals surface area contributed by atoms with Crippen molar-refractivity contribution in [2.75, 3.05) is 33.3 Å². The molecular formula is C18H26Cl2N2O2. The van der Waals surface area contributed by atoms with Gasteiger partial charge in [-0.05, 0) is 62.4 Å². The normalized spacial score (nSPS) is 21.0. The Bertz CT molecular complexity index is 562. The molecule has 0 radical (unpaired) electrons. The van der Waals surface area contributed by atoms with E-state index in [1.807, 2.05) is 36.2 Å². The van der Waals surface area contributed by atoms with E-state index in [2.05, 4.69) is 5.32 Å². The highest BCUT2D eigenvalue weighted by atomic mass is 35.5. The van der Waals surface area contributed by atoms with E-state index < -0.39 is 0 Å². The molecule has 2 aliphatic rings. The van der Waals surface area contributed by atoms with Crippen LogP contribution in [0.5, 0.6) is 5.75 Å². The molecule has 2 fully saturated rings.